The van der Waals surface area contributed by atoms with Gasteiger partial charge in [-0.1, -0.05) is 13.3 Å². The Balaban J connectivity index is 2.69. The Morgan fingerprint density at radius 1 is 1.67 bits per heavy atom. The van der Waals surface area contributed by atoms with E-state index in [4.69, 9.17) is 4.42 Å². The highest BCUT2D eigenvalue weighted by Crippen LogP contribution is 2.09. The maximum atomic E-state index is 4.87. The van der Waals surface area contributed by atoms with Crippen LogP contribution in [0.2, 0.25) is 0 Å². The van der Waals surface area contributed by atoms with Gasteiger partial charge in [-0.15, -0.1) is 0 Å². The zero-order valence-corrected chi connectivity index (χ0v) is 5.90. The average molecular weight is 123 g/mol. The lowest BCUT2D eigenvalue weighted by Crippen LogP contribution is -1.80. The molecular weight excluding hydrogens is 112 g/mol. The van der Waals surface area contributed by atoms with Crippen molar-refractivity contribution in [3.8, 4) is 0 Å². The molecule has 1 aromatic heterocycles. The quantitative estimate of drug-likeness (QED) is 0.588. The second kappa shape index (κ2) is 2.72. The molecule has 0 aliphatic carbocycles. The summed E-state index contributed by atoms with van der Waals surface area (Å²) in [6, 6.07) is 0. The van der Waals surface area contributed by atoms with Gasteiger partial charge in [0.15, 0.2) is 6.26 Å². The molecule has 1 rings (SSSR count). The number of rotatable bonds is 2. The monoisotopic (exact) mass is 123 g/mol. The first kappa shape index (κ1) is 6.40. The van der Waals surface area contributed by atoms with Gasteiger partial charge in [0.05, 0.1) is 6.26 Å². The summed E-state index contributed by atoms with van der Waals surface area (Å²) < 4.78 is 4.87. The van der Waals surface area contributed by atoms with Crippen LogP contribution in [0.3, 0.4) is 0 Å². The molecule has 1 heteroatoms. The minimum absolute atomic E-state index is 1.09. The van der Waals surface area contributed by atoms with Gasteiger partial charge in [-0.25, -0.2) is 0 Å². The molecule has 9 heavy (non-hydrogen) atoms. The number of furan rings is 1. The van der Waals surface area contributed by atoms with Gasteiger partial charge in [0, 0.05) is 5.56 Å². The van der Waals surface area contributed by atoms with Crippen LogP contribution in [0.5, 0.6) is 0 Å². The molecule has 0 fully saturated rings. The molecule has 1 heterocycles. The van der Waals surface area contributed by atoms with Crippen LogP contribution in [0, 0.1) is 13.2 Å². The van der Waals surface area contributed by atoms with Gasteiger partial charge in [0.2, 0.25) is 0 Å². The minimum Gasteiger partial charge on any atom is -0.460 e. The Morgan fingerprint density at radius 2 is 2.44 bits per heavy atom. The van der Waals surface area contributed by atoms with E-state index in [1.807, 2.05) is 6.92 Å². The van der Waals surface area contributed by atoms with Crippen molar-refractivity contribution in [3.63, 3.8) is 0 Å². The van der Waals surface area contributed by atoms with Gasteiger partial charge in [-0.05, 0) is 18.9 Å². The fourth-order valence-corrected chi connectivity index (χ4v) is 0.839. The van der Waals surface area contributed by atoms with E-state index >= 15 is 0 Å². The summed E-state index contributed by atoms with van der Waals surface area (Å²) in [5.74, 6) is 0. The van der Waals surface area contributed by atoms with Crippen molar-refractivity contribution in [2.45, 2.75) is 26.7 Å². The Bertz CT molecular complexity index is 176. The Morgan fingerprint density at radius 3 is 2.89 bits per heavy atom. The van der Waals surface area contributed by atoms with Crippen molar-refractivity contribution in [1.82, 2.24) is 0 Å². The van der Waals surface area contributed by atoms with Crippen LogP contribution in [-0.4, -0.2) is 0 Å². The first-order chi connectivity index (χ1) is 4.34. The summed E-state index contributed by atoms with van der Waals surface area (Å²) in [6.07, 6.45) is 6.82. The molecule has 1 aromatic rings. The Labute approximate surface area is 55.7 Å². The van der Waals surface area contributed by atoms with Crippen molar-refractivity contribution in [2.75, 3.05) is 0 Å². The highest BCUT2D eigenvalue weighted by molar-refractivity contribution is 5.17. The van der Waals surface area contributed by atoms with Crippen LogP contribution in [0.4, 0.5) is 0 Å². The van der Waals surface area contributed by atoms with Gasteiger partial charge in [-0.2, -0.15) is 0 Å². The molecule has 0 bridgehead atoms. The number of hydrogen-bond donors (Lipinski definition) is 0. The molecule has 0 spiro atoms. The van der Waals surface area contributed by atoms with Gasteiger partial charge in [0.25, 0.3) is 0 Å². The molecule has 0 saturated heterocycles. The van der Waals surface area contributed by atoms with Crippen LogP contribution in [0.15, 0.2) is 10.7 Å². The molecule has 49 valence electrons. The minimum atomic E-state index is 1.09. The highest BCUT2D eigenvalue weighted by atomic mass is 16.3. The van der Waals surface area contributed by atoms with E-state index in [9.17, 15) is 0 Å². The predicted molar refractivity (Wildman–Crippen MR) is 36.3 cm³/mol. The molecule has 0 aliphatic heterocycles. The lowest BCUT2D eigenvalue weighted by Gasteiger charge is -1.89. The summed E-state index contributed by atoms with van der Waals surface area (Å²) in [6.45, 7) is 4.20. The van der Waals surface area contributed by atoms with Crippen molar-refractivity contribution in [2.24, 2.45) is 0 Å². The molecule has 1 radical (unpaired) electrons. The third-order valence-corrected chi connectivity index (χ3v) is 1.39. The van der Waals surface area contributed by atoms with E-state index in [1.165, 1.54) is 11.1 Å². The van der Waals surface area contributed by atoms with Gasteiger partial charge in [-0.3, -0.25) is 0 Å². The predicted octanol–water partition coefficient (Wildman–Crippen LogP) is 2.34. The summed E-state index contributed by atoms with van der Waals surface area (Å²) in [4.78, 5) is 0. The van der Waals surface area contributed by atoms with Crippen molar-refractivity contribution in [1.29, 1.82) is 0 Å². The molecule has 0 atom stereocenters. The maximum absolute atomic E-state index is 4.87. The largest absolute Gasteiger partial charge is 0.460 e. The van der Waals surface area contributed by atoms with Crippen LogP contribution in [-0.2, 0) is 6.42 Å². The van der Waals surface area contributed by atoms with Gasteiger partial charge < -0.3 is 4.42 Å². The lowest BCUT2D eigenvalue weighted by molar-refractivity contribution is 0.553. The summed E-state index contributed by atoms with van der Waals surface area (Å²) in [5, 5.41) is 0. The second-order valence-electron chi connectivity index (χ2n) is 2.25. The van der Waals surface area contributed by atoms with E-state index in [-0.39, 0.29) is 0 Å². The van der Waals surface area contributed by atoms with Gasteiger partial charge >= 0.3 is 0 Å². The topological polar surface area (TPSA) is 13.1 Å². The molecule has 0 aromatic carbocycles. The fourth-order valence-electron chi connectivity index (χ4n) is 0.839. The van der Waals surface area contributed by atoms with Gasteiger partial charge in [0.1, 0.15) is 0 Å². The standard InChI is InChI=1S/C8H11O/c1-3-4-8-6-9-5-7(8)2/h5H,3-4H2,1-2H3. The van der Waals surface area contributed by atoms with Crippen molar-refractivity contribution in [3.05, 3.63) is 23.7 Å². The molecule has 0 aliphatic rings. The molecule has 0 unspecified atom stereocenters. The molecule has 0 amide bonds. The van der Waals surface area contributed by atoms with E-state index < -0.39 is 0 Å². The normalized spacial score (nSPS) is 10.0. The summed E-state index contributed by atoms with van der Waals surface area (Å²) in [5.41, 5.74) is 2.44. The van der Waals surface area contributed by atoms with E-state index in [0.29, 0.717) is 0 Å². The second-order valence-corrected chi connectivity index (χ2v) is 2.25. The molecule has 0 saturated carbocycles. The average Bonchev–Trinajstić information content (AvgIpc) is 2.18. The lowest BCUT2D eigenvalue weighted by atomic mass is 10.1. The summed E-state index contributed by atoms with van der Waals surface area (Å²) in [7, 11) is 0. The fraction of sp³-hybridized carbons (Fsp3) is 0.500. The molecular formula is C8H11O. The van der Waals surface area contributed by atoms with Crippen molar-refractivity contribution >= 4 is 0 Å². The third kappa shape index (κ3) is 1.35. The van der Waals surface area contributed by atoms with Crippen LogP contribution >= 0.6 is 0 Å². The third-order valence-electron chi connectivity index (χ3n) is 1.39. The SMILES string of the molecule is CCCc1[c]occ1C. The summed E-state index contributed by atoms with van der Waals surface area (Å²) >= 11 is 0. The van der Waals surface area contributed by atoms with Crippen molar-refractivity contribution < 1.29 is 4.42 Å². The number of aryl methyl sites for hydroxylation is 2. The Hall–Kier alpha value is -0.720. The zero-order chi connectivity index (χ0) is 6.69. The Kier molecular flexibility index (Phi) is 1.93. The van der Waals surface area contributed by atoms with E-state index in [2.05, 4.69) is 13.2 Å². The van der Waals surface area contributed by atoms with E-state index in [0.717, 1.165) is 12.8 Å². The highest BCUT2D eigenvalue weighted by Gasteiger charge is 1.97. The first-order valence-corrected chi connectivity index (χ1v) is 3.29. The van der Waals surface area contributed by atoms with Crippen LogP contribution in [0.25, 0.3) is 0 Å². The maximum Gasteiger partial charge on any atom is 0.172 e. The van der Waals surface area contributed by atoms with Crippen LogP contribution in [0.1, 0.15) is 24.5 Å². The first-order valence-electron chi connectivity index (χ1n) is 3.29. The van der Waals surface area contributed by atoms with E-state index in [1.54, 1.807) is 6.26 Å². The van der Waals surface area contributed by atoms with Crippen LogP contribution < -0.4 is 0 Å². The molecule has 0 N–H and O–H groups in total. The zero-order valence-electron chi connectivity index (χ0n) is 5.90. The smallest absolute Gasteiger partial charge is 0.172 e. The molecule has 1 nitrogen and oxygen atoms in total. The number of hydrogen-bond acceptors (Lipinski definition) is 1.